The molecule has 126 valence electrons. The minimum atomic E-state index is -0.309. The van der Waals surface area contributed by atoms with E-state index in [0.717, 1.165) is 10.9 Å². The highest BCUT2D eigenvalue weighted by atomic mass is 16.5. The Labute approximate surface area is 144 Å². The van der Waals surface area contributed by atoms with E-state index >= 15 is 0 Å². The molecule has 0 unspecified atom stereocenters. The molecule has 0 saturated carbocycles. The van der Waals surface area contributed by atoms with Crippen LogP contribution < -0.4 is 10.1 Å². The second kappa shape index (κ2) is 7.09. The number of aryl methyl sites for hydroxylation is 1. The Morgan fingerprint density at radius 2 is 1.76 bits per heavy atom. The Kier molecular flexibility index (Phi) is 4.70. The van der Waals surface area contributed by atoms with Crippen molar-refractivity contribution >= 4 is 28.3 Å². The summed E-state index contributed by atoms with van der Waals surface area (Å²) in [5.41, 5.74) is 1.96. The number of ether oxygens (including phenoxy) is 1. The molecular formula is C19H17N3O3. The summed E-state index contributed by atoms with van der Waals surface area (Å²) in [6.07, 6.45) is 0. The van der Waals surface area contributed by atoms with Crippen molar-refractivity contribution in [2.75, 3.05) is 11.9 Å². The van der Waals surface area contributed by atoms with Crippen LogP contribution in [0.15, 0.2) is 48.5 Å². The lowest BCUT2D eigenvalue weighted by molar-refractivity contribution is -0.118. The van der Waals surface area contributed by atoms with Gasteiger partial charge >= 0.3 is 0 Å². The minimum Gasteiger partial charge on any atom is -0.467 e. The van der Waals surface area contributed by atoms with E-state index in [9.17, 15) is 9.59 Å². The Morgan fingerprint density at radius 1 is 1.04 bits per heavy atom. The maximum absolute atomic E-state index is 12.1. The van der Waals surface area contributed by atoms with E-state index in [1.165, 1.54) is 6.92 Å². The predicted octanol–water partition coefficient (Wildman–Crippen LogP) is 3.16. The zero-order valence-electron chi connectivity index (χ0n) is 13.9. The van der Waals surface area contributed by atoms with E-state index in [-0.39, 0.29) is 18.3 Å². The molecule has 0 fully saturated rings. The van der Waals surface area contributed by atoms with E-state index in [4.69, 9.17) is 4.74 Å². The molecule has 0 aliphatic heterocycles. The van der Waals surface area contributed by atoms with Crippen LogP contribution in [-0.4, -0.2) is 28.3 Å². The smallest absolute Gasteiger partial charge is 0.262 e. The summed E-state index contributed by atoms with van der Waals surface area (Å²) in [7, 11) is 0. The third-order valence-electron chi connectivity index (χ3n) is 3.60. The topological polar surface area (TPSA) is 81.2 Å². The van der Waals surface area contributed by atoms with E-state index in [2.05, 4.69) is 15.3 Å². The number of Topliss-reactive ketones (excluding diaryl/α,β-unsaturated/α-hetero) is 1. The molecule has 1 heterocycles. The van der Waals surface area contributed by atoms with Crippen molar-refractivity contribution in [1.29, 1.82) is 0 Å². The summed E-state index contributed by atoms with van der Waals surface area (Å²) in [4.78, 5) is 31.9. The number of hydrogen-bond acceptors (Lipinski definition) is 5. The predicted molar refractivity (Wildman–Crippen MR) is 94.8 cm³/mol. The third-order valence-corrected chi connectivity index (χ3v) is 3.60. The van der Waals surface area contributed by atoms with Gasteiger partial charge in [0.25, 0.3) is 5.91 Å². The standard InChI is InChI=1S/C19H17N3O3/c1-12(23)14-7-9-15(10-8-14)22-18(24)11-25-19-16-5-3-4-6-17(16)20-13(2)21-19/h3-10H,11H2,1-2H3,(H,22,24). The van der Waals surface area contributed by atoms with Crippen LogP contribution in [0.1, 0.15) is 23.1 Å². The van der Waals surface area contributed by atoms with Crippen molar-refractivity contribution in [3.63, 3.8) is 0 Å². The number of carbonyl (C=O) groups excluding carboxylic acids is 2. The van der Waals surface area contributed by atoms with Crippen molar-refractivity contribution in [3.05, 3.63) is 59.9 Å². The van der Waals surface area contributed by atoms with E-state index in [1.54, 1.807) is 31.2 Å². The molecule has 1 amide bonds. The van der Waals surface area contributed by atoms with Crippen LogP contribution in [0.4, 0.5) is 5.69 Å². The first-order valence-corrected chi connectivity index (χ1v) is 7.80. The fourth-order valence-corrected chi connectivity index (χ4v) is 2.39. The normalized spacial score (nSPS) is 10.5. The highest BCUT2D eigenvalue weighted by molar-refractivity contribution is 5.96. The van der Waals surface area contributed by atoms with Crippen LogP contribution in [0, 0.1) is 6.92 Å². The first-order valence-electron chi connectivity index (χ1n) is 7.80. The Bertz CT molecular complexity index is 936. The van der Waals surface area contributed by atoms with Crippen LogP contribution >= 0.6 is 0 Å². The van der Waals surface area contributed by atoms with E-state index in [1.807, 2.05) is 24.3 Å². The Morgan fingerprint density at radius 3 is 2.48 bits per heavy atom. The largest absolute Gasteiger partial charge is 0.467 e. The fourth-order valence-electron chi connectivity index (χ4n) is 2.39. The molecule has 0 atom stereocenters. The summed E-state index contributed by atoms with van der Waals surface area (Å²) in [6, 6.07) is 14.2. The number of carbonyl (C=O) groups is 2. The van der Waals surface area contributed by atoms with Gasteiger partial charge in [-0.2, -0.15) is 4.98 Å². The van der Waals surface area contributed by atoms with Gasteiger partial charge in [0.1, 0.15) is 5.82 Å². The van der Waals surface area contributed by atoms with Crippen LogP contribution in [0.5, 0.6) is 5.88 Å². The minimum absolute atomic E-state index is 0.0211. The summed E-state index contributed by atoms with van der Waals surface area (Å²) >= 11 is 0. The second-order valence-electron chi connectivity index (χ2n) is 5.56. The number of aromatic nitrogens is 2. The Balaban J connectivity index is 1.67. The monoisotopic (exact) mass is 335 g/mol. The van der Waals surface area contributed by atoms with Gasteiger partial charge in [-0.3, -0.25) is 9.59 Å². The molecule has 0 bridgehead atoms. The molecule has 1 N–H and O–H groups in total. The molecule has 0 aliphatic rings. The van der Waals surface area contributed by atoms with Gasteiger partial charge in [0.2, 0.25) is 5.88 Å². The molecule has 6 nitrogen and oxygen atoms in total. The first-order chi connectivity index (χ1) is 12.0. The van der Waals surface area contributed by atoms with Gasteiger partial charge in [0, 0.05) is 11.3 Å². The average Bonchev–Trinajstić information content (AvgIpc) is 2.60. The number of amides is 1. The molecule has 0 radical (unpaired) electrons. The zero-order valence-corrected chi connectivity index (χ0v) is 13.9. The third kappa shape index (κ3) is 3.98. The van der Waals surface area contributed by atoms with Crippen LogP contribution in [0.25, 0.3) is 10.9 Å². The second-order valence-corrected chi connectivity index (χ2v) is 5.56. The molecule has 1 aromatic heterocycles. The maximum atomic E-state index is 12.1. The number of nitrogens with zero attached hydrogens (tertiary/aromatic N) is 2. The van der Waals surface area contributed by atoms with Crippen LogP contribution in [0.3, 0.4) is 0 Å². The lowest BCUT2D eigenvalue weighted by Crippen LogP contribution is -2.20. The van der Waals surface area contributed by atoms with E-state index < -0.39 is 0 Å². The molecule has 0 spiro atoms. The lowest BCUT2D eigenvalue weighted by atomic mass is 10.1. The van der Waals surface area contributed by atoms with Crippen LogP contribution in [-0.2, 0) is 4.79 Å². The molecule has 0 aliphatic carbocycles. The molecule has 0 saturated heterocycles. The molecule has 3 aromatic rings. The number of ketones is 1. The number of para-hydroxylation sites is 1. The van der Waals surface area contributed by atoms with Crippen molar-refractivity contribution < 1.29 is 14.3 Å². The lowest BCUT2D eigenvalue weighted by Gasteiger charge is -2.09. The van der Waals surface area contributed by atoms with Gasteiger partial charge in [-0.25, -0.2) is 4.98 Å². The van der Waals surface area contributed by atoms with Crippen molar-refractivity contribution in [3.8, 4) is 5.88 Å². The van der Waals surface area contributed by atoms with Crippen molar-refractivity contribution in [2.24, 2.45) is 0 Å². The van der Waals surface area contributed by atoms with Gasteiger partial charge < -0.3 is 10.1 Å². The van der Waals surface area contributed by atoms with Gasteiger partial charge in [-0.1, -0.05) is 12.1 Å². The van der Waals surface area contributed by atoms with Gasteiger partial charge in [0.15, 0.2) is 12.4 Å². The number of benzene rings is 2. The highest BCUT2D eigenvalue weighted by Gasteiger charge is 2.10. The zero-order chi connectivity index (χ0) is 17.8. The van der Waals surface area contributed by atoms with Gasteiger partial charge in [-0.05, 0) is 50.2 Å². The van der Waals surface area contributed by atoms with Crippen molar-refractivity contribution in [2.45, 2.75) is 13.8 Å². The SMILES string of the molecule is CC(=O)c1ccc(NC(=O)COc2nc(C)nc3ccccc23)cc1. The average molecular weight is 335 g/mol. The fraction of sp³-hybridized carbons (Fsp3) is 0.158. The molecular weight excluding hydrogens is 318 g/mol. The summed E-state index contributed by atoms with van der Waals surface area (Å²) in [5, 5.41) is 3.48. The summed E-state index contributed by atoms with van der Waals surface area (Å²) in [5.74, 6) is 0.627. The first kappa shape index (κ1) is 16.6. The van der Waals surface area contributed by atoms with Gasteiger partial charge in [0.05, 0.1) is 10.9 Å². The van der Waals surface area contributed by atoms with Crippen molar-refractivity contribution in [1.82, 2.24) is 9.97 Å². The quantitative estimate of drug-likeness (QED) is 0.724. The van der Waals surface area contributed by atoms with E-state index in [0.29, 0.717) is 23.0 Å². The molecule has 25 heavy (non-hydrogen) atoms. The summed E-state index contributed by atoms with van der Waals surface area (Å²) in [6.45, 7) is 3.10. The number of nitrogens with one attached hydrogen (secondary N) is 1. The number of fused-ring (bicyclic) bond motifs is 1. The highest BCUT2D eigenvalue weighted by Crippen LogP contribution is 2.22. The molecule has 6 heteroatoms. The number of anilines is 1. The molecule has 3 rings (SSSR count). The van der Waals surface area contributed by atoms with Crippen LogP contribution in [0.2, 0.25) is 0 Å². The van der Waals surface area contributed by atoms with Gasteiger partial charge in [-0.15, -0.1) is 0 Å². The summed E-state index contributed by atoms with van der Waals surface area (Å²) < 4.78 is 5.58. The maximum Gasteiger partial charge on any atom is 0.262 e. The molecule has 2 aromatic carbocycles. The number of hydrogen-bond donors (Lipinski definition) is 1. The Hall–Kier alpha value is -3.28. The number of rotatable bonds is 5.